The standard InChI is InChI=1S/C21H24N2O3S/c1-14(17-7-6-16-4-3-5-18(16)12-17)22-27(25,26)20-8-9-21-19(13-20)10-11-23(21)15(2)24/h6-9,12-14,22H,3-5,10-11H2,1-2H3/t14-/m1/s1. The minimum Gasteiger partial charge on any atom is -0.312 e. The summed E-state index contributed by atoms with van der Waals surface area (Å²) in [5.74, 6) is -0.0206. The lowest BCUT2D eigenvalue weighted by Crippen LogP contribution is -2.27. The van der Waals surface area contributed by atoms with E-state index in [1.54, 1.807) is 23.1 Å². The summed E-state index contributed by atoms with van der Waals surface area (Å²) < 4.78 is 28.5. The predicted molar refractivity (Wildman–Crippen MR) is 105 cm³/mol. The molecule has 1 N–H and O–H groups in total. The Morgan fingerprint density at radius 2 is 1.81 bits per heavy atom. The van der Waals surface area contributed by atoms with Crippen LogP contribution in [-0.4, -0.2) is 20.9 Å². The van der Waals surface area contributed by atoms with Gasteiger partial charge in [0.1, 0.15) is 0 Å². The van der Waals surface area contributed by atoms with E-state index >= 15 is 0 Å². The molecule has 2 aliphatic rings. The van der Waals surface area contributed by atoms with Crippen molar-refractivity contribution in [3.63, 3.8) is 0 Å². The Balaban J connectivity index is 1.56. The molecule has 5 nitrogen and oxygen atoms in total. The van der Waals surface area contributed by atoms with Crippen LogP contribution in [0.25, 0.3) is 0 Å². The van der Waals surface area contributed by atoms with Crippen LogP contribution in [-0.2, 0) is 34.1 Å². The smallest absolute Gasteiger partial charge is 0.241 e. The number of nitrogens with one attached hydrogen (secondary N) is 1. The van der Waals surface area contributed by atoms with E-state index in [9.17, 15) is 13.2 Å². The predicted octanol–water partition coefficient (Wildman–Crippen LogP) is 3.12. The molecule has 1 amide bonds. The molecular formula is C21H24N2O3S. The molecule has 142 valence electrons. The number of nitrogens with zero attached hydrogens (tertiary/aromatic N) is 1. The molecular weight excluding hydrogens is 360 g/mol. The highest BCUT2D eigenvalue weighted by Gasteiger charge is 2.26. The summed E-state index contributed by atoms with van der Waals surface area (Å²) in [5.41, 5.74) is 5.41. The van der Waals surface area contributed by atoms with Gasteiger partial charge in [-0.05, 0) is 73.1 Å². The van der Waals surface area contributed by atoms with Crippen molar-refractivity contribution in [1.82, 2.24) is 4.72 Å². The zero-order valence-electron chi connectivity index (χ0n) is 15.7. The van der Waals surface area contributed by atoms with Crippen molar-refractivity contribution in [3.05, 3.63) is 58.7 Å². The molecule has 4 rings (SSSR count). The molecule has 0 aromatic heterocycles. The minimum absolute atomic E-state index is 0.0206. The number of aryl methyl sites for hydroxylation is 2. The van der Waals surface area contributed by atoms with Crippen LogP contribution in [0.3, 0.4) is 0 Å². The van der Waals surface area contributed by atoms with Crippen LogP contribution in [0, 0.1) is 0 Å². The van der Waals surface area contributed by atoms with Gasteiger partial charge in [-0.25, -0.2) is 13.1 Å². The SMILES string of the molecule is CC(=O)N1CCc2cc(S(=O)(=O)N[C@H](C)c3ccc4c(c3)CCC4)ccc21. The van der Waals surface area contributed by atoms with E-state index < -0.39 is 10.0 Å². The molecule has 0 saturated heterocycles. The van der Waals surface area contributed by atoms with Crippen molar-refractivity contribution in [3.8, 4) is 0 Å². The van der Waals surface area contributed by atoms with Gasteiger partial charge in [-0.15, -0.1) is 0 Å². The number of benzene rings is 2. The van der Waals surface area contributed by atoms with Crippen LogP contribution in [0.1, 0.15) is 48.6 Å². The van der Waals surface area contributed by atoms with Gasteiger partial charge in [0.2, 0.25) is 15.9 Å². The molecule has 1 aliphatic carbocycles. The summed E-state index contributed by atoms with van der Waals surface area (Å²) in [6.07, 6.45) is 4.03. The summed E-state index contributed by atoms with van der Waals surface area (Å²) >= 11 is 0. The Labute approximate surface area is 160 Å². The molecule has 1 atom stereocenters. The molecule has 0 fully saturated rings. The average molecular weight is 385 g/mol. The Hall–Kier alpha value is -2.18. The number of hydrogen-bond donors (Lipinski definition) is 1. The molecule has 27 heavy (non-hydrogen) atoms. The van der Waals surface area contributed by atoms with Crippen molar-refractivity contribution in [1.29, 1.82) is 0 Å². The van der Waals surface area contributed by atoms with Crippen LogP contribution in [0.2, 0.25) is 0 Å². The van der Waals surface area contributed by atoms with Gasteiger partial charge in [0.15, 0.2) is 0 Å². The summed E-state index contributed by atoms with van der Waals surface area (Å²) in [6, 6.07) is 11.0. The van der Waals surface area contributed by atoms with E-state index in [0.29, 0.717) is 13.0 Å². The highest BCUT2D eigenvalue weighted by atomic mass is 32.2. The van der Waals surface area contributed by atoms with Gasteiger partial charge < -0.3 is 4.90 Å². The molecule has 0 bridgehead atoms. The van der Waals surface area contributed by atoms with Crippen LogP contribution in [0.4, 0.5) is 5.69 Å². The lowest BCUT2D eigenvalue weighted by Gasteiger charge is -2.17. The van der Waals surface area contributed by atoms with E-state index in [1.807, 2.05) is 13.0 Å². The van der Waals surface area contributed by atoms with Crippen molar-refractivity contribution < 1.29 is 13.2 Å². The minimum atomic E-state index is -3.63. The average Bonchev–Trinajstić information content (AvgIpc) is 3.26. The topological polar surface area (TPSA) is 66.5 Å². The molecule has 2 aromatic carbocycles. The first-order valence-electron chi connectivity index (χ1n) is 9.40. The summed E-state index contributed by atoms with van der Waals surface area (Å²) in [5, 5.41) is 0. The zero-order chi connectivity index (χ0) is 19.2. The maximum Gasteiger partial charge on any atom is 0.241 e. The molecule has 0 saturated carbocycles. The monoisotopic (exact) mass is 384 g/mol. The summed E-state index contributed by atoms with van der Waals surface area (Å²) in [4.78, 5) is 13.6. The largest absolute Gasteiger partial charge is 0.312 e. The third-order valence-electron chi connectivity index (χ3n) is 5.59. The zero-order valence-corrected chi connectivity index (χ0v) is 16.5. The van der Waals surface area contributed by atoms with Gasteiger partial charge >= 0.3 is 0 Å². The number of amides is 1. The van der Waals surface area contributed by atoms with Gasteiger partial charge in [0, 0.05) is 25.2 Å². The molecule has 0 unspecified atom stereocenters. The van der Waals surface area contributed by atoms with Gasteiger partial charge in [-0.1, -0.05) is 18.2 Å². The van der Waals surface area contributed by atoms with Gasteiger partial charge in [-0.3, -0.25) is 4.79 Å². The van der Waals surface area contributed by atoms with Crippen molar-refractivity contribution in [2.24, 2.45) is 0 Å². The fraction of sp³-hybridized carbons (Fsp3) is 0.381. The van der Waals surface area contributed by atoms with Crippen molar-refractivity contribution in [2.75, 3.05) is 11.4 Å². The molecule has 6 heteroatoms. The van der Waals surface area contributed by atoms with E-state index in [4.69, 9.17) is 0 Å². The van der Waals surface area contributed by atoms with E-state index in [2.05, 4.69) is 16.9 Å². The van der Waals surface area contributed by atoms with E-state index in [0.717, 1.165) is 29.7 Å². The number of carbonyl (C=O) groups is 1. The number of fused-ring (bicyclic) bond motifs is 2. The fourth-order valence-electron chi connectivity index (χ4n) is 4.10. The summed E-state index contributed by atoms with van der Waals surface area (Å²) in [6.45, 7) is 4.01. The molecule has 2 aromatic rings. The van der Waals surface area contributed by atoms with Crippen LogP contribution in [0.5, 0.6) is 0 Å². The summed E-state index contributed by atoms with van der Waals surface area (Å²) in [7, 11) is -3.63. The van der Waals surface area contributed by atoms with Crippen LogP contribution in [0.15, 0.2) is 41.3 Å². The van der Waals surface area contributed by atoms with Gasteiger partial charge in [0.25, 0.3) is 0 Å². The number of hydrogen-bond acceptors (Lipinski definition) is 3. The number of sulfonamides is 1. The van der Waals surface area contributed by atoms with Gasteiger partial charge in [0.05, 0.1) is 4.90 Å². The number of rotatable bonds is 4. The Morgan fingerprint density at radius 3 is 2.59 bits per heavy atom. The second-order valence-electron chi connectivity index (χ2n) is 7.44. The molecule has 1 aliphatic heterocycles. The first kappa shape index (κ1) is 18.2. The van der Waals surface area contributed by atoms with Gasteiger partial charge in [-0.2, -0.15) is 0 Å². The second kappa shape index (κ2) is 6.77. The molecule has 0 spiro atoms. The fourth-order valence-corrected chi connectivity index (χ4v) is 5.38. The first-order valence-corrected chi connectivity index (χ1v) is 10.9. The van der Waals surface area contributed by atoms with E-state index in [-0.39, 0.29) is 16.8 Å². The lowest BCUT2D eigenvalue weighted by molar-refractivity contribution is -0.116. The quantitative estimate of drug-likeness (QED) is 0.881. The van der Waals surface area contributed by atoms with Crippen LogP contribution < -0.4 is 9.62 Å². The van der Waals surface area contributed by atoms with Crippen LogP contribution >= 0.6 is 0 Å². The number of anilines is 1. The highest BCUT2D eigenvalue weighted by molar-refractivity contribution is 7.89. The maximum atomic E-state index is 12.9. The Bertz CT molecular complexity index is 1010. The van der Waals surface area contributed by atoms with E-state index in [1.165, 1.54) is 24.5 Å². The molecule has 0 radical (unpaired) electrons. The Morgan fingerprint density at radius 1 is 1.04 bits per heavy atom. The van der Waals surface area contributed by atoms with Crippen molar-refractivity contribution >= 4 is 21.6 Å². The Kier molecular flexibility index (Phi) is 4.56. The number of carbonyl (C=O) groups excluding carboxylic acids is 1. The molecule has 1 heterocycles. The maximum absolute atomic E-state index is 12.9. The first-order chi connectivity index (χ1) is 12.8. The lowest BCUT2D eigenvalue weighted by atomic mass is 10.0. The normalized spacial score (nSPS) is 16.9. The highest BCUT2D eigenvalue weighted by Crippen LogP contribution is 2.31. The van der Waals surface area contributed by atoms with Crippen molar-refractivity contribution in [2.45, 2.75) is 50.5 Å². The third kappa shape index (κ3) is 3.39. The second-order valence-corrected chi connectivity index (χ2v) is 9.15. The third-order valence-corrected chi connectivity index (χ3v) is 7.13.